The summed E-state index contributed by atoms with van der Waals surface area (Å²) in [6, 6.07) is 1.44. The summed E-state index contributed by atoms with van der Waals surface area (Å²) in [5.41, 5.74) is 5.59. The number of aromatic nitrogens is 1. The van der Waals surface area contributed by atoms with Crippen molar-refractivity contribution in [3.05, 3.63) is 22.9 Å². The smallest absolute Gasteiger partial charge is 0.387 e. The number of hydrogen-bond acceptors (Lipinski definition) is 4. The second kappa shape index (κ2) is 4.48. The van der Waals surface area contributed by atoms with Crippen molar-refractivity contribution < 1.29 is 22.7 Å². The van der Waals surface area contributed by atoms with E-state index < -0.39 is 12.2 Å². The van der Waals surface area contributed by atoms with Crippen molar-refractivity contribution in [3.63, 3.8) is 0 Å². The maximum atomic E-state index is 12.0. The van der Waals surface area contributed by atoms with Gasteiger partial charge >= 0.3 is 6.36 Å². The van der Waals surface area contributed by atoms with E-state index in [1.165, 1.54) is 13.0 Å². The van der Waals surface area contributed by atoms with Crippen LogP contribution in [0, 0.1) is 6.92 Å². The molecule has 1 aromatic rings. The maximum Gasteiger partial charge on any atom is 0.574 e. The quantitative estimate of drug-likeness (QED) is 0.806. The molecule has 0 bridgehead atoms. The molecule has 0 fully saturated rings. The summed E-state index contributed by atoms with van der Waals surface area (Å²) >= 11 is 0. The van der Waals surface area contributed by atoms with Crippen LogP contribution in [-0.4, -0.2) is 17.6 Å². The van der Waals surface area contributed by atoms with Crippen LogP contribution in [0.1, 0.15) is 21.6 Å². The van der Waals surface area contributed by atoms with Crippen molar-refractivity contribution >= 4 is 6.29 Å². The molecule has 0 amide bonds. The standard InChI is InChI=1S/C9H9F3N2O2/c1-5-2-6(3-13)7(4-15)8(14-5)16-9(10,11)12/h2,4H,3,13H2,1H3. The fourth-order valence-corrected chi connectivity index (χ4v) is 1.20. The van der Waals surface area contributed by atoms with Crippen molar-refractivity contribution in [1.82, 2.24) is 4.98 Å². The molecule has 0 spiro atoms. The molecule has 0 saturated heterocycles. The van der Waals surface area contributed by atoms with Gasteiger partial charge in [-0.25, -0.2) is 4.98 Å². The summed E-state index contributed by atoms with van der Waals surface area (Å²) < 4.78 is 39.7. The van der Waals surface area contributed by atoms with Gasteiger partial charge in [-0.15, -0.1) is 13.2 Å². The van der Waals surface area contributed by atoms with E-state index in [4.69, 9.17) is 5.73 Å². The molecule has 0 aliphatic carbocycles. The van der Waals surface area contributed by atoms with Gasteiger partial charge in [0.2, 0.25) is 5.88 Å². The molecule has 4 nitrogen and oxygen atoms in total. The van der Waals surface area contributed by atoms with Gasteiger partial charge in [0.1, 0.15) is 0 Å². The van der Waals surface area contributed by atoms with Gasteiger partial charge in [0.15, 0.2) is 6.29 Å². The molecule has 0 aliphatic heterocycles. The van der Waals surface area contributed by atoms with Crippen LogP contribution in [0.25, 0.3) is 0 Å². The van der Waals surface area contributed by atoms with Gasteiger partial charge in [-0.2, -0.15) is 0 Å². The molecule has 1 aromatic heterocycles. The number of nitrogens with two attached hydrogens (primary N) is 1. The first kappa shape index (κ1) is 12.4. The average Bonchev–Trinajstić information content (AvgIpc) is 2.14. The number of nitrogens with zero attached hydrogens (tertiary/aromatic N) is 1. The third-order valence-corrected chi connectivity index (χ3v) is 1.79. The Balaban J connectivity index is 3.25. The minimum atomic E-state index is -4.88. The van der Waals surface area contributed by atoms with E-state index in [9.17, 15) is 18.0 Å². The van der Waals surface area contributed by atoms with Crippen LogP contribution in [0.5, 0.6) is 5.88 Å². The highest BCUT2D eigenvalue weighted by molar-refractivity contribution is 5.80. The van der Waals surface area contributed by atoms with Crippen molar-refractivity contribution in [2.45, 2.75) is 19.8 Å². The zero-order valence-electron chi connectivity index (χ0n) is 8.34. The Labute approximate surface area is 89.2 Å². The van der Waals surface area contributed by atoms with Gasteiger partial charge < -0.3 is 10.5 Å². The van der Waals surface area contributed by atoms with Crippen LogP contribution in [0.2, 0.25) is 0 Å². The third-order valence-electron chi connectivity index (χ3n) is 1.79. The van der Waals surface area contributed by atoms with E-state index in [2.05, 4.69) is 9.72 Å². The van der Waals surface area contributed by atoms with Gasteiger partial charge in [0.25, 0.3) is 0 Å². The third kappa shape index (κ3) is 2.93. The monoisotopic (exact) mass is 234 g/mol. The maximum absolute atomic E-state index is 12.0. The van der Waals surface area contributed by atoms with Crippen LogP contribution >= 0.6 is 0 Å². The second-order valence-electron chi connectivity index (χ2n) is 3.01. The molecule has 0 atom stereocenters. The van der Waals surface area contributed by atoms with Gasteiger partial charge in [0.05, 0.1) is 5.56 Å². The normalized spacial score (nSPS) is 11.3. The van der Waals surface area contributed by atoms with E-state index >= 15 is 0 Å². The van der Waals surface area contributed by atoms with Crippen LogP contribution in [-0.2, 0) is 6.54 Å². The number of halogens is 3. The Morgan fingerprint density at radius 3 is 2.62 bits per heavy atom. The SMILES string of the molecule is Cc1cc(CN)c(C=O)c(OC(F)(F)F)n1. The molecule has 16 heavy (non-hydrogen) atoms. The number of ether oxygens (including phenoxy) is 1. The van der Waals surface area contributed by atoms with Crippen LogP contribution in [0.15, 0.2) is 6.07 Å². The topological polar surface area (TPSA) is 65.2 Å². The number of carbonyl (C=O) groups excluding carboxylic acids is 1. The Morgan fingerprint density at radius 2 is 2.19 bits per heavy atom. The Bertz CT molecular complexity index is 404. The largest absolute Gasteiger partial charge is 0.574 e. The number of hydrogen-bond donors (Lipinski definition) is 1. The average molecular weight is 234 g/mol. The first-order valence-electron chi connectivity index (χ1n) is 4.29. The first-order chi connectivity index (χ1) is 7.37. The number of rotatable bonds is 3. The minimum Gasteiger partial charge on any atom is -0.387 e. The van der Waals surface area contributed by atoms with Gasteiger partial charge in [-0.3, -0.25) is 4.79 Å². The molecule has 1 heterocycles. The molecule has 0 radical (unpaired) electrons. The fraction of sp³-hybridized carbons (Fsp3) is 0.333. The van der Waals surface area contributed by atoms with Crippen LogP contribution < -0.4 is 10.5 Å². The molecule has 88 valence electrons. The second-order valence-corrected chi connectivity index (χ2v) is 3.01. The van der Waals surface area contributed by atoms with Gasteiger partial charge in [0, 0.05) is 12.2 Å². The molecule has 0 aromatic carbocycles. The predicted octanol–water partition coefficient (Wildman–Crippen LogP) is 1.56. The molecule has 0 saturated carbocycles. The summed E-state index contributed by atoms with van der Waals surface area (Å²) in [6.45, 7) is 1.42. The number of alkyl halides is 3. The lowest BCUT2D eigenvalue weighted by Gasteiger charge is -2.12. The van der Waals surface area contributed by atoms with Gasteiger partial charge in [-0.1, -0.05) is 0 Å². The predicted molar refractivity (Wildman–Crippen MR) is 48.9 cm³/mol. The van der Waals surface area contributed by atoms with Crippen LogP contribution in [0.4, 0.5) is 13.2 Å². The molecule has 2 N–H and O–H groups in total. The van der Waals surface area contributed by atoms with E-state index in [1.807, 2.05) is 0 Å². The van der Waals surface area contributed by atoms with E-state index in [0.717, 1.165) is 0 Å². The van der Waals surface area contributed by atoms with Crippen molar-refractivity contribution in [2.24, 2.45) is 5.73 Å². The Kier molecular flexibility index (Phi) is 3.48. The number of aldehydes is 1. The van der Waals surface area contributed by atoms with E-state index in [-0.39, 0.29) is 24.0 Å². The lowest BCUT2D eigenvalue weighted by Crippen LogP contribution is -2.20. The molecule has 0 unspecified atom stereocenters. The zero-order valence-corrected chi connectivity index (χ0v) is 8.34. The highest BCUT2D eigenvalue weighted by Crippen LogP contribution is 2.26. The number of aryl methyl sites for hydroxylation is 1. The van der Waals surface area contributed by atoms with E-state index in [1.54, 1.807) is 0 Å². The lowest BCUT2D eigenvalue weighted by atomic mass is 10.1. The summed E-state index contributed by atoms with van der Waals surface area (Å²) in [5, 5.41) is 0. The van der Waals surface area contributed by atoms with E-state index in [0.29, 0.717) is 5.69 Å². The summed E-state index contributed by atoms with van der Waals surface area (Å²) in [4.78, 5) is 14.2. The molecular weight excluding hydrogens is 225 g/mol. The Hall–Kier alpha value is -1.63. The van der Waals surface area contributed by atoms with Crippen molar-refractivity contribution in [2.75, 3.05) is 0 Å². The summed E-state index contributed by atoms with van der Waals surface area (Å²) in [5.74, 6) is -0.761. The Morgan fingerprint density at radius 1 is 1.56 bits per heavy atom. The molecule has 0 aliphatic rings. The summed E-state index contributed by atoms with van der Waals surface area (Å²) in [6.07, 6.45) is -4.64. The number of pyridine rings is 1. The first-order valence-corrected chi connectivity index (χ1v) is 4.29. The molecule has 1 rings (SSSR count). The molecule has 7 heteroatoms. The fourth-order valence-electron chi connectivity index (χ4n) is 1.20. The van der Waals surface area contributed by atoms with Crippen molar-refractivity contribution in [3.8, 4) is 5.88 Å². The highest BCUT2D eigenvalue weighted by atomic mass is 19.4. The number of carbonyl (C=O) groups is 1. The molecular formula is C9H9F3N2O2. The lowest BCUT2D eigenvalue weighted by molar-refractivity contribution is -0.276. The van der Waals surface area contributed by atoms with Crippen molar-refractivity contribution in [1.29, 1.82) is 0 Å². The highest BCUT2D eigenvalue weighted by Gasteiger charge is 2.33. The zero-order chi connectivity index (χ0) is 12.3. The summed E-state index contributed by atoms with van der Waals surface area (Å²) in [7, 11) is 0. The van der Waals surface area contributed by atoms with Crippen LogP contribution in [0.3, 0.4) is 0 Å². The minimum absolute atomic E-state index is 0.0638. The van der Waals surface area contributed by atoms with Gasteiger partial charge in [-0.05, 0) is 18.6 Å².